The third kappa shape index (κ3) is 3.66. The number of sulfonamides is 1. The molecule has 0 aliphatic heterocycles. The van der Waals surface area contributed by atoms with Crippen LogP contribution in [0.4, 0.5) is 0 Å². The number of aryl methyl sites for hydroxylation is 1. The lowest BCUT2D eigenvalue weighted by Crippen LogP contribution is -2.31. The van der Waals surface area contributed by atoms with Gasteiger partial charge in [-0.25, -0.2) is 18.5 Å². The van der Waals surface area contributed by atoms with Gasteiger partial charge in [0.2, 0.25) is 10.0 Å². The summed E-state index contributed by atoms with van der Waals surface area (Å²) in [4.78, 5) is 4.25. The van der Waals surface area contributed by atoms with E-state index in [9.17, 15) is 8.42 Å². The Morgan fingerprint density at radius 2 is 2.37 bits per heavy atom. The zero-order valence-electron chi connectivity index (χ0n) is 10.5. The predicted molar refractivity (Wildman–Crippen MR) is 69.7 cm³/mol. The van der Waals surface area contributed by atoms with Gasteiger partial charge in [-0.1, -0.05) is 0 Å². The molecular formula is C11H16N4O3S. The maximum atomic E-state index is 10.9. The highest BCUT2D eigenvalue weighted by Gasteiger charge is 2.20. The first-order valence-corrected chi connectivity index (χ1v) is 7.43. The molecule has 0 aliphatic carbocycles. The summed E-state index contributed by atoms with van der Waals surface area (Å²) in [7, 11) is -1.63. The van der Waals surface area contributed by atoms with Gasteiger partial charge in [-0.15, -0.1) is 0 Å². The number of hydrogen-bond acceptors (Lipinski definition) is 5. The number of imidazole rings is 1. The van der Waals surface area contributed by atoms with Crippen LogP contribution in [0.15, 0.2) is 35.2 Å². The normalized spacial score (nSPS) is 13.6. The lowest BCUT2D eigenvalue weighted by Gasteiger charge is -2.16. The van der Waals surface area contributed by atoms with Gasteiger partial charge in [-0.2, -0.15) is 0 Å². The molecule has 8 heteroatoms. The summed E-state index contributed by atoms with van der Waals surface area (Å²) in [5, 5.41) is 8.06. The van der Waals surface area contributed by atoms with Crippen molar-refractivity contribution < 1.29 is 12.8 Å². The topological polar surface area (TPSA) is 103 Å². The fraction of sp³-hybridized carbons (Fsp3) is 0.364. The summed E-state index contributed by atoms with van der Waals surface area (Å²) in [6, 6.07) is 3.27. The molecule has 0 saturated heterocycles. The van der Waals surface area contributed by atoms with Crippen molar-refractivity contribution in [1.29, 1.82) is 0 Å². The van der Waals surface area contributed by atoms with E-state index in [0.717, 1.165) is 5.82 Å². The number of nitrogens with one attached hydrogen (secondary N) is 1. The zero-order valence-corrected chi connectivity index (χ0v) is 11.3. The van der Waals surface area contributed by atoms with Crippen LogP contribution in [0.2, 0.25) is 0 Å². The summed E-state index contributed by atoms with van der Waals surface area (Å²) in [6.07, 6.45) is 5.05. The van der Waals surface area contributed by atoms with Crippen molar-refractivity contribution in [3.8, 4) is 0 Å². The Balaban J connectivity index is 2.15. The molecule has 2 aromatic rings. The van der Waals surface area contributed by atoms with Gasteiger partial charge < -0.3 is 8.98 Å². The van der Waals surface area contributed by atoms with Crippen LogP contribution in [0.5, 0.6) is 0 Å². The standard InChI is InChI=1S/C11H16N4O3S/c1-15-6-4-14-11(15)10(9-3-2-7-18-9)13-5-8-19(12,16)17/h2-4,6-7,10,13H,5,8H2,1H3,(H2,12,16,17). The second kappa shape index (κ2) is 5.55. The second-order valence-electron chi connectivity index (χ2n) is 4.17. The Labute approximate surface area is 111 Å². The number of hydrogen-bond donors (Lipinski definition) is 2. The van der Waals surface area contributed by atoms with Crippen LogP contribution in [0.1, 0.15) is 17.6 Å². The third-order valence-electron chi connectivity index (χ3n) is 2.68. The second-order valence-corrected chi connectivity index (χ2v) is 5.90. The molecular weight excluding hydrogens is 268 g/mol. The molecule has 0 aromatic carbocycles. The SMILES string of the molecule is Cn1ccnc1C(NCCS(N)(=O)=O)c1ccco1. The summed E-state index contributed by atoms with van der Waals surface area (Å²) in [5.74, 6) is 1.27. The summed E-state index contributed by atoms with van der Waals surface area (Å²) < 4.78 is 29.1. The number of furan rings is 1. The van der Waals surface area contributed by atoms with Gasteiger partial charge in [0.05, 0.1) is 12.0 Å². The molecule has 0 bridgehead atoms. The van der Waals surface area contributed by atoms with Gasteiger partial charge in [-0.05, 0) is 12.1 Å². The minimum Gasteiger partial charge on any atom is -0.467 e. The van der Waals surface area contributed by atoms with Crippen LogP contribution >= 0.6 is 0 Å². The van der Waals surface area contributed by atoms with Gasteiger partial charge in [-0.3, -0.25) is 5.32 Å². The molecule has 1 atom stereocenters. The minimum absolute atomic E-state index is 0.144. The first kappa shape index (κ1) is 13.8. The van der Waals surface area contributed by atoms with Gasteiger partial charge in [0.15, 0.2) is 0 Å². The third-order valence-corrected chi connectivity index (χ3v) is 3.45. The molecule has 0 fully saturated rings. The maximum absolute atomic E-state index is 10.9. The fourth-order valence-corrected chi connectivity index (χ4v) is 2.18. The van der Waals surface area contributed by atoms with Gasteiger partial charge in [0.1, 0.15) is 17.6 Å². The van der Waals surface area contributed by atoms with Crippen molar-refractivity contribution in [1.82, 2.24) is 14.9 Å². The molecule has 0 radical (unpaired) electrons. The molecule has 1 unspecified atom stereocenters. The number of aromatic nitrogens is 2. The van der Waals surface area contributed by atoms with E-state index in [1.54, 1.807) is 18.5 Å². The van der Waals surface area contributed by atoms with Crippen molar-refractivity contribution >= 4 is 10.0 Å². The zero-order chi connectivity index (χ0) is 13.9. The first-order valence-electron chi connectivity index (χ1n) is 5.72. The monoisotopic (exact) mass is 284 g/mol. The molecule has 3 N–H and O–H groups in total. The molecule has 0 spiro atoms. The molecule has 2 aromatic heterocycles. The molecule has 0 amide bonds. The average molecular weight is 284 g/mol. The maximum Gasteiger partial charge on any atom is 0.210 e. The van der Waals surface area contributed by atoms with Gasteiger partial charge >= 0.3 is 0 Å². The van der Waals surface area contributed by atoms with E-state index >= 15 is 0 Å². The summed E-state index contributed by atoms with van der Waals surface area (Å²) in [5.41, 5.74) is 0. The van der Waals surface area contributed by atoms with E-state index < -0.39 is 10.0 Å². The van der Waals surface area contributed by atoms with Crippen LogP contribution in [-0.4, -0.2) is 30.3 Å². The lowest BCUT2D eigenvalue weighted by molar-refractivity contribution is 0.435. The van der Waals surface area contributed by atoms with Crippen molar-refractivity contribution in [2.24, 2.45) is 12.2 Å². The molecule has 0 aliphatic rings. The smallest absolute Gasteiger partial charge is 0.210 e. The highest BCUT2D eigenvalue weighted by molar-refractivity contribution is 7.89. The van der Waals surface area contributed by atoms with Crippen LogP contribution < -0.4 is 10.5 Å². The first-order chi connectivity index (χ1) is 8.97. The molecule has 19 heavy (non-hydrogen) atoms. The molecule has 104 valence electrons. The molecule has 7 nitrogen and oxygen atoms in total. The molecule has 0 saturated carbocycles. The van der Waals surface area contributed by atoms with E-state index in [1.807, 2.05) is 23.9 Å². The van der Waals surface area contributed by atoms with Crippen molar-refractivity contribution in [3.63, 3.8) is 0 Å². The Bertz CT molecular complexity index is 618. The minimum atomic E-state index is -3.49. The summed E-state index contributed by atoms with van der Waals surface area (Å²) in [6.45, 7) is 0.219. The van der Waals surface area contributed by atoms with Gasteiger partial charge in [0.25, 0.3) is 0 Å². The quantitative estimate of drug-likeness (QED) is 0.776. The lowest BCUT2D eigenvalue weighted by atomic mass is 10.2. The number of nitrogens with zero attached hydrogens (tertiary/aromatic N) is 2. The Morgan fingerprint density at radius 1 is 1.58 bits per heavy atom. The van der Waals surface area contributed by atoms with Crippen LogP contribution in [-0.2, 0) is 17.1 Å². The van der Waals surface area contributed by atoms with Crippen molar-refractivity contribution in [2.75, 3.05) is 12.3 Å². The van der Waals surface area contributed by atoms with E-state index in [-0.39, 0.29) is 18.3 Å². The Hall–Kier alpha value is -1.64. The number of nitrogens with two attached hydrogens (primary N) is 1. The van der Waals surface area contributed by atoms with Crippen molar-refractivity contribution in [2.45, 2.75) is 6.04 Å². The number of rotatable bonds is 6. The van der Waals surface area contributed by atoms with E-state index in [0.29, 0.717) is 5.76 Å². The Morgan fingerprint density at radius 3 is 2.89 bits per heavy atom. The average Bonchev–Trinajstić information content (AvgIpc) is 2.94. The van der Waals surface area contributed by atoms with Crippen LogP contribution in [0, 0.1) is 0 Å². The predicted octanol–water partition coefficient (Wildman–Crippen LogP) is -0.0194. The van der Waals surface area contributed by atoms with Gasteiger partial charge in [0, 0.05) is 26.0 Å². The molecule has 2 rings (SSSR count). The van der Waals surface area contributed by atoms with E-state index in [1.165, 1.54) is 0 Å². The van der Waals surface area contributed by atoms with E-state index in [2.05, 4.69) is 10.3 Å². The van der Waals surface area contributed by atoms with Crippen LogP contribution in [0.3, 0.4) is 0 Å². The van der Waals surface area contributed by atoms with Crippen molar-refractivity contribution in [3.05, 3.63) is 42.4 Å². The Kier molecular flexibility index (Phi) is 4.03. The number of primary sulfonamides is 1. The molecule has 2 heterocycles. The highest BCUT2D eigenvalue weighted by Crippen LogP contribution is 2.20. The highest BCUT2D eigenvalue weighted by atomic mass is 32.2. The van der Waals surface area contributed by atoms with E-state index in [4.69, 9.17) is 9.56 Å². The largest absolute Gasteiger partial charge is 0.467 e. The fourth-order valence-electron chi connectivity index (χ4n) is 1.78. The summed E-state index contributed by atoms with van der Waals surface area (Å²) >= 11 is 0. The van der Waals surface area contributed by atoms with Crippen LogP contribution in [0.25, 0.3) is 0 Å².